The Labute approximate surface area is 169 Å². The molecule has 1 N–H and O–H groups in total. The lowest BCUT2D eigenvalue weighted by Crippen LogP contribution is -2.26. The highest BCUT2D eigenvalue weighted by molar-refractivity contribution is 5.96. The van der Waals surface area contributed by atoms with E-state index in [4.69, 9.17) is 14.0 Å². The van der Waals surface area contributed by atoms with Crippen molar-refractivity contribution in [2.24, 2.45) is 0 Å². The highest BCUT2D eigenvalue weighted by atomic mass is 16.5. The summed E-state index contributed by atoms with van der Waals surface area (Å²) in [7, 11) is 0. The molecule has 0 saturated carbocycles. The molecule has 3 heterocycles. The monoisotopic (exact) mass is 404 g/mol. The third-order valence-electron chi connectivity index (χ3n) is 4.73. The number of aromatic nitrogens is 3. The molecule has 9 heteroatoms. The van der Waals surface area contributed by atoms with E-state index in [9.17, 15) is 9.59 Å². The van der Waals surface area contributed by atoms with Gasteiger partial charge in [-0.05, 0) is 32.6 Å². The zero-order valence-electron chi connectivity index (χ0n) is 17.0. The molecule has 0 bridgehead atoms. The van der Waals surface area contributed by atoms with Crippen LogP contribution >= 0.6 is 0 Å². The largest absolute Gasteiger partial charge is 0.461 e. The average Bonchev–Trinajstić information content (AvgIpc) is 3.29. The van der Waals surface area contributed by atoms with Crippen LogP contribution in [0.5, 0.6) is 0 Å². The standard InChI is InChI=1S/C20H28N4O5/c1-3-15-18-17(7-4-10-27-11-5-8-21-19(18)25)24(22-15)9-6-12-28-20(26)16-13-14(2)29-23-16/h13H,3-12H2,1-2H3,(H,21,25). The lowest BCUT2D eigenvalue weighted by atomic mass is 10.1. The van der Waals surface area contributed by atoms with E-state index in [0.717, 1.165) is 24.2 Å². The second-order valence-electron chi connectivity index (χ2n) is 6.98. The molecule has 1 amide bonds. The van der Waals surface area contributed by atoms with Crippen LogP contribution in [-0.4, -0.2) is 53.2 Å². The Morgan fingerprint density at radius 3 is 2.93 bits per heavy atom. The first-order valence-electron chi connectivity index (χ1n) is 10.1. The lowest BCUT2D eigenvalue weighted by molar-refractivity contribution is 0.0482. The van der Waals surface area contributed by atoms with Gasteiger partial charge in [-0.2, -0.15) is 5.10 Å². The molecule has 158 valence electrons. The Morgan fingerprint density at radius 1 is 1.34 bits per heavy atom. The van der Waals surface area contributed by atoms with Crippen LogP contribution < -0.4 is 5.32 Å². The van der Waals surface area contributed by atoms with Crippen LogP contribution in [0.4, 0.5) is 0 Å². The maximum Gasteiger partial charge on any atom is 0.360 e. The molecule has 3 rings (SSSR count). The number of carbonyl (C=O) groups is 2. The lowest BCUT2D eigenvalue weighted by Gasteiger charge is -2.10. The number of hydrogen-bond acceptors (Lipinski definition) is 7. The molecule has 9 nitrogen and oxygen atoms in total. The number of hydrogen-bond donors (Lipinski definition) is 1. The first-order valence-corrected chi connectivity index (χ1v) is 10.1. The van der Waals surface area contributed by atoms with Crippen molar-refractivity contribution in [2.75, 3.05) is 26.4 Å². The summed E-state index contributed by atoms with van der Waals surface area (Å²) in [6.45, 7) is 6.40. The second-order valence-corrected chi connectivity index (χ2v) is 6.98. The Hall–Kier alpha value is -2.68. The molecule has 2 aromatic heterocycles. The van der Waals surface area contributed by atoms with Crippen LogP contribution in [0.3, 0.4) is 0 Å². The maximum absolute atomic E-state index is 12.7. The molecule has 1 aliphatic heterocycles. The summed E-state index contributed by atoms with van der Waals surface area (Å²) >= 11 is 0. The fourth-order valence-electron chi connectivity index (χ4n) is 3.32. The first kappa shape index (κ1) is 21.0. The number of aryl methyl sites for hydroxylation is 3. The molecular weight excluding hydrogens is 376 g/mol. The summed E-state index contributed by atoms with van der Waals surface area (Å²) in [5.41, 5.74) is 2.57. The van der Waals surface area contributed by atoms with Crippen molar-refractivity contribution in [3.63, 3.8) is 0 Å². The Morgan fingerprint density at radius 2 is 2.17 bits per heavy atom. The van der Waals surface area contributed by atoms with Crippen LogP contribution in [0.25, 0.3) is 0 Å². The van der Waals surface area contributed by atoms with Crippen LogP contribution in [0.1, 0.15) is 64.2 Å². The van der Waals surface area contributed by atoms with Crippen molar-refractivity contribution in [1.29, 1.82) is 0 Å². The van der Waals surface area contributed by atoms with Crippen LogP contribution in [-0.2, 0) is 28.9 Å². The number of esters is 1. The fraction of sp³-hybridized carbons (Fsp3) is 0.600. The van der Waals surface area contributed by atoms with Crippen molar-refractivity contribution in [3.05, 3.63) is 34.5 Å². The van der Waals surface area contributed by atoms with Gasteiger partial charge in [-0.15, -0.1) is 0 Å². The molecule has 0 atom stereocenters. The Bertz CT molecular complexity index is 842. The normalized spacial score (nSPS) is 15.3. The van der Waals surface area contributed by atoms with Crippen molar-refractivity contribution < 1.29 is 23.6 Å². The van der Waals surface area contributed by atoms with E-state index < -0.39 is 5.97 Å². The molecule has 0 spiro atoms. The van der Waals surface area contributed by atoms with Gasteiger partial charge < -0.3 is 19.3 Å². The van der Waals surface area contributed by atoms with Crippen molar-refractivity contribution in [2.45, 2.75) is 52.5 Å². The van der Waals surface area contributed by atoms with E-state index in [2.05, 4.69) is 15.6 Å². The van der Waals surface area contributed by atoms with Crippen LogP contribution in [0.2, 0.25) is 0 Å². The smallest absolute Gasteiger partial charge is 0.360 e. The quantitative estimate of drug-likeness (QED) is 0.580. The predicted molar refractivity (Wildman–Crippen MR) is 104 cm³/mol. The van der Waals surface area contributed by atoms with E-state index in [0.29, 0.717) is 56.9 Å². The van der Waals surface area contributed by atoms with Gasteiger partial charge in [0.25, 0.3) is 5.91 Å². The van der Waals surface area contributed by atoms with Gasteiger partial charge in [0, 0.05) is 38.8 Å². The molecular formula is C20H28N4O5. The van der Waals surface area contributed by atoms with Crippen molar-refractivity contribution in [1.82, 2.24) is 20.3 Å². The summed E-state index contributed by atoms with van der Waals surface area (Å²) in [5, 5.41) is 11.3. The van der Waals surface area contributed by atoms with Gasteiger partial charge in [0.05, 0.1) is 23.6 Å². The van der Waals surface area contributed by atoms with Gasteiger partial charge in [0.15, 0.2) is 5.69 Å². The summed E-state index contributed by atoms with van der Waals surface area (Å²) in [5.74, 6) is -0.0193. The molecule has 29 heavy (non-hydrogen) atoms. The minimum Gasteiger partial charge on any atom is -0.461 e. The third-order valence-corrected chi connectivity index (χ3v) is 4.73. The topological polar surface area (TPSA) is 108 Å². The highest BCUT2D eigenvalue weighted by Crippen LogP contribution is 2.19. The summed E-state index contributed by atoms with van der Waals surface area (Å²) in [6, 6.07) is 1.54. The van der Waals surface area contributed by atoms with Gasteiger partial charge in [-0.1, -0.05) is 12.1 Å². The number of fused-ring (bicyclic) bond motifs is 1. The Kier molecular flexibility index (Phi) is 7.40. The van der Waals surface area contributed by atoms with Crippen molar-refractivity contribution in [3.8, 4) is 0 Å². The third kappa shape index (κ3) is 5.44. The van der Waals surface area contributed by atoms with Gasteiger partial charge in [-0.25, -0.2) is 4.79 Å². The van der Waals surface area contributed by atoms with E-state index in [1.54, 1.807) is 13.0 Å². The van der Waals surface area contributed by atoms with E-state index in [-0.39, 0.29) is 18.2 Å². The van der Waals surface area contributed by atoms with E-state index in [1.165, 1.54) is 0 Å². The van der Waals surface area contributed by atoms with Crippen LogP contribution in [0, 0.1) is 6.92 Å². The van der Waals surface area contributed by atoms with Gasteiger partial charge in [0.2, 0.25) is 0 Å². The number of rotatable bonds is 6. The summed E-state index contributed by atoms with van der Waals surface area (Å²) in [4.78, 5) is 24.7. The fourth-order valence-corrected chi connectivity index (χ4v) is 3.32. The molecule has 0 fully saturated rings. The minimum absolute atomic E-state index is 0.0715. The molecule has 0 aromatic carbocycles. The number of nitrogens with one attached hydrogen (secondary N) is 1. The van der Waals surface area contributed by atoms with Crippen molar-refractivity contribution >= 4 is 11.9 Å². The number of amides is 1. The van der Waals surface area contributed by atoms with Gasteiger partial charge >= 0.3 is 5.97 Å². The first-order chi connectivity index (χ1) is 14.1. The number of carbonyl (C=O) groups excluding carboxylic acids is 2. The van der Waals surface area contributed by atoms with E-state index >= 15 is 0 Å². The van der Waals surface area contributed by atoms with E-state index in [1.807, 2.05) is 11.6 Å². The molecule has 0 saturated heterocycles. The second kappa shape index (κ2) is 10.2. The zero-order chi connectivity index (χ0) is 20.6. The summed E-state index contributed by atoms with van der Waals surface area (Å²) in [6.07, 6.45) is 3.61. The molecule has 0 aliphatic carbocycles. The Balaban J connectivity index is 1.65. The number of nitrogens with zero attached hydrogens (tertiary/aromatic N) is 3. The molecule has 0 radical (unpaired) electrons. The predicted octanol–water partition coefficient (Wildman–Crippen LogP) is 2.07. The molecule has 0 unspecified atom stereocenters. The minimum atomic E-state index is -0.507. The molecule has 1 aliphatic rings. The maximum atomic E-state index is 12.7. The zero-order valence-corrected chi connectivity index (χ0v) is 17.0. The average molecular weight is 404 g/mol. The van der Waals surface area contributed by atoms with Gasteiger partial charge in [-0.3, -0.25) is 9.48 Å². The SMILES string of the molecule is CCc1nn(CCCOC(=O)c2cc(C)on2)c2c1C(=O)NCCCOCCC2. The van der Waals surface area contributed by atoms with Gasteiger partial charge in [0.1, 0.15) is 5.76 Å². The van der Waals surface area contributed by atoms with Crippen LogP contribution in [0.15, 0.2) is 10.6 Å². The highest BCUT2D eigenvalue weighted by Gasteiger charge is 2.23. The summed E-state index contributed by atoms with van der Waals surface area (Å²) < 4.78 is 17.6. The molecule has 2 aromatic rings. The number of ether oxygens (including phenoxy) is 2.